The molecule has 0 aliphatic rings. The van der Waals surface area contributed by atoms with Crippen LogP contribution in [0.15, 0.2) is 199 Å². The summed E-state index contributed by atoms with van der Waals surface area (Å²) in [6.45, 7) is 6.11. The topological polar surface area (TPSA) is 40.8 Å². The van der Waals surface area contributed by atoms with E-state index in [4.69, 9.17) is 9.40 Å². The van der Waals surface area contributed by atoms with Gasteiger partial charge < -0.3 is 13.6 Å². The van der Waals surface area contributed by atoms with Crippen LogP contribution in [0.5, 0.6) is 0 Å². The summed E-state index contributed by atoms with van der Waals surface area (Å²) in [5, 5.41) is 7.00. The molecule has 0 atom stereocenters. The lowest BCUT2D eigenvalue weighted by Gasteiger charge is -2.12. The molecule has 61 heavy (non-hydrogen) atoms. The molecule has 5 heteroatoms. The van der Waals surface area contributed by atoms with Crippen molar-refractivity contribution < 1.29 is 4.42 Å². The first kappa shape index (κ1) is 34.9. The Hall–Kier alpha value is -8.15. The maximum absolute atomic E-state index is 6.94. The molecule has 0 amide bonds. The standard InChI is InChI=1S/C56H38N4O/c1-3-17-49-46(4-2)57-56(59(49)39-20-9-6-10-21-39)37-32-30-36(31-33-37)40-24-16-29-53-54(40)43-25-15-28-50(55(43)61-53)60-48-27-14-12-23-42(48)45-34-51-44(35-52(45)60)41-22-11-13-26-47(41)58(51)38-18-7-5-8-19-38/h3-35H,2H2,1H3/b17-3-. The van der Waals surface area contributed by atoms with Gasteiger partial charge in [0.05, 0.1) is 39.1 Å². The van der Waals surface area contributed by atoms with E-state index in [0.29, 0.717) is 0 Å². The molecule has 0 aliphatic heterocycles. The second kappa shape index (κ2) is 13.7. The van der Waals surface area contributed by atoms with Gasteiger partial charge in [0.25, 0.3) is 0 Å². The number of benzene rings is 8. The van der Waals surface area contributed by atoms with Crippen LogP contribution in [0.25, 0.3) is 117 Å². The molecule has 0 saturated heterocycles. The molecule has 288 valence electrons. The van der Waals surface area contributed by atoms with Gasteiger partial charge in [0.1, 0.15) is 11.4 Å². The zero-order valence-electron chi connectivity index (χ0n) is 33.5. The van der Waals surface area contributed by atoms with Crippen LogP contribution in [0.4, 0.5) is 0 Å². The summed E-state index contributed by atoms with van der Waals surface area (Å²) in [5.41, 5.74) is 14.6. The highest BCUT2D eigenvalue weighted by atomic mass is 16.3. The summed E-state index contributed by atoms with van der Waals surface area (Å²) in [4.78, 5) is 5.08. The minimum atomic E-state index is 0.845. The number of rotatable bonds is 7. The van der Waals surface area contributed by atoms with Gasteiger partial charge in [0, 0.05) is 49.3 Å². The van der Waals surface area contributed by atoms with Gasteiger partial charge in [-0.25, -0.2) is 4.98 Å². The average molecular weight is 783 g/mol. The molecule has 0 aliphatic carbocycles. The number of allylic oxidation sites excluding steroid dienone is 1. The third kappa shape index (κ3) is 5.24. The lowest BCUT2D eigenvalue weighted by Crippen LogP contribution is -1.99. The third-order valence-electron chi connectivity index (χ3n) is 12.2. The van der Waals surface area contributed by atoms with E-state index in [-0.39, 0.29) is 0 Å². The van der Waals surface area contributed by atoms with Gasteiger partial charge in [-0.05, 0) is 90.9 Å². The van der Waals surface area contributed by atoms with Crippen molar-refractivity contribution in [2.75, 3.05) is 0 Å². The minimum absolute atomic E-state index is 0.845. The molecule has 0 bridgehead atoms. The molecular weight excluding hydrogens is 745 g/mol. The fraction of sp³-hybridized carbons (Fsp3) is 0.0179. The Morgan fingerprint density at radius 3 is 1.75 bits per heavy atom. The number of furan rings is 1. The van der Waals surface area contributed by atoms with E-state index in [1.165, 1.54) is 32.6 Å². The van der Waals surface area contributed by atoms with Gasteiger partial charge >= 0.3 is 0 Å². The van der Waals surface area contributed by atoms with E-state index in [0.717, 1.165) is 83.9 Å². The maximum Gasteiger partial charge on any atom is 0.159 e. The van der Waals surface area contributed by atoms with Gasteiger partial charge in [-0.2, -0.15) is 0 Å². The van der Waals surface area contributed by atoms with Crippen molar-refractivity contribution in [3.63, 3.8) is 0 Å². The predicted octanol–water partition coefficient (Wildman–Crippen LogP) is 15.0. The van der Waals surface area contributed by atoms with E-state index in [2.05, 4.69) is 202 Å². The van der Waals surface area contributed by atoms with Crippen molar-refractivity contribution in [3.05, 3.63) is 206 Å². The largest absolute Gasteiger partial charge is 0.454 e. The average Bonchev–Trinajstić information content (AvgIpc) is 4.07. The van der Waals surface area contributed by atoms with E-state index in [1.54, 1.807) is 0 Å². The molecule has 8 aromatic carbocycles. The highest BCUT2D eigenvalue weighted by molar-refractivity contribution is 6.20. The van der Waals surface area contributed by atoms with Crippen LogP contribution in [-0.2, 0) is 0 Å². The number of hydrogen-bond donors (Lipinski definition) is 0. The molecule has 12 aromatic rings. The molecular formula is C56H38N4O. The molecule has 0 fully saturated rings. The second-order valence-electron chi connectivity index (χ2n) is 15.5. The molecule has 0 N–H and O–H groups in total. The summed E-state index contributed by atoms with van der Waals surface area (Å²) in [5.74, 6) is 0.866. The van der Waals surface area contributed by atoms with Crippen LogP contribution in [0.3, 0.4) is 0 Å². The van der Waals surface area contributed by atoms with Crippen LogP contribution in [0.2, 0.25) is 0 Å². The molecule has 4 heterocycles. The fourth-order valence-electron chi connectivity index (χ4n) is 9.54. The Bertz CT molecular complexity index is 3710. The van der Waals surface area contributed by atoms with Gasteiger partial charge in [0.2, 0.25) is 0 Å². The quantitative estimate of drug-likeness (QED) is 0.162. The number of para-hydroxylation sites is 5. The molecule has 0 unspecified atom stereocenters. The fourth-order valence-corrected chi connectivity index (χ4v) is 9.54. The minimum Gasteiger partial charge on any atom is -0.454 e. The van der Waals surface area contributed by atoms with E-state index < -0.39 is 0 Å². The van der Waals surface area contributed by atoms with Crippen LogP contribution in [0, 0.1) is 0 Å². The third-order valence-corrected chi connectivity index (χ3v) is 12.2. The molecule has 12 rings (SSSR count). The van der Waals surface area contributed by atoms with Crippen LogP contribution >= 0.6 is 0 Å². The summed E-state index contributed by atoms with van der Waals surface area (Å²) in [6.07, 6.45) is 5.97. The number of hydrogen-bond acceptors (Lipinski definition) is 2. The Kier molecular flexibility index (Phi) is 7.84. The lowest BCUT2D eigenvalue weighted by atomic mass is 9.98. The van der Waals surface area contributed by atoms with E-state index >= 15 is 0 Å². The van der Waals surface area contributed by atoms with Crippen molar-refractivity contribution in [2.45, 2.75) is 6.92 Å². The van der Waals surface area contributed by atoms with Crippen molar-refractivity contribution >= 4 is 77.7 Å². The molecule has 4 aromatic heterocycles. The summed E-state index contributed by atoms with van der Waals surface area (Å²) in [6, 6.07) is 64.9. The van der Waals surface area contributed by atoms with E-state index in [9.17, 15) is 0 Å². The Morgan fingerprint density at radius 1 is 0.508 bits per heavy atom. The monoisotopic (exact) mass is 782 g/mol. The number of imidazole rings is 1. The van der Waals surface area contributed by atoms with Crippen molar-refractivity contribution in [3.8, 4) is 39.6 Å². The van der Waals surface area contributed by atoms with Crippen LogP contribution < -0.4 is 0 Å². The molecule has 0 saturated carbocycles. The highest BCUT2D eigenvalue weighted by Gasteiger charge is 2.22. The zero-order chi connectivity index (χ0) is 40.6. The van der Waals surface area contributed by atoms with Crippen molar-refractivity contribution in [2.24, 2.45) is 0 Å². The summed E-state index contributed by atoms with van der Waals surface area (Å²) in [7, 11) is 0. The first-order valence-corrected chi connectivity index (χ1v) is 20.7. The first-order valence-electron chi connectivity index (χ1n) is 20.7. The van der Waals surface area contributed by atoms with Crippen LogP contribution in [0.1, 0.15) is 18.3 Å². The number of fused-ring (bicyclic) bond motifs is 9. The number of aromatic nitrogens is 4. The Labute approximate surface area is 352 Å². The first-order chi connectivity index (χ1) is 30.2. The van der Waals surface area contributed by atoms with Crippen molar-refractivity contribution in [1.82, 2.24) is 18.7 Å². The molecule has 0 spiro atoms. The molecule has 5 nitrogen and oxygen atoms in total. The SMILES string of the molecule is C=Cc1nc(-c2ccc(-c3cccc4oc5c(-n6c7ccccc7c7cc8c(cc76)c6ccccc6n8-c6ccccc6)cccc5c34)cc2)n(-c2ccccc2)c1/C=C\C. The summed E-state index contributed by atoms with van der Waals surface area (Å²) >= 11 is 0. The number of nitrogens with zero attached hydrogens (tertiary/aromatic N) is 4. The van der Waals surface area contributed by atoms with Gasteiger partial charge in [-0.3, -0.25) is 4.57 Å². The predicted molar refractivity (Wildman–Crippen MR) is 255 cm³/mol. The van der Waals surface area contributed by atoms with Gasteiger partial charge in [-0.1, -0.05) is 134 Å². The van der Waals surface area contributed by atoms with Gasteiger partial charge in [-0.15, -0.1) is 0 Å². The Balaban J connectivity index is 1.04. The van der Waals surface area contributed by atoms with Crippen LogP contribution in [-0.4, -0.2) is 18.7 Å². The molecule has 0 radical (unpaired) electrons. The normalized spacial score (nSPS) is 12.0. The van der Waals surface area contributed by atoms with E-state index in [1.807, 2.05) is 25.1 Å². The maximum atomic E-state index is 6.94. The Morgan fingerprint density at radius 2 is 1.08 bits per heavy atom. The zero-order valence-corrected chi connectivity index (χ0v) is 33.5. The lowest BCUT2D eigenvalue weighted by molar-refractivity contribution is 0.666. The second-order valence-corrected chi connectivity index (χ2v) is 15.5. The summed E-state index contributed by atoms with van der Waals surface area (Å²) < 4.78 is 13.9. The smallest absolute Gasteiger partial charge is 0.159 e. The van der Waals surface area contributed by atoms with Crippen molar-refractivity contribution in [1.29, 1.82) is 0 Å². The highest BCUT2D eigenvalue weighted by Crippen LogP contribution is 2.44. The van der Waals surface area contributed by atoms with Gasteiger partial charge in [0.15, 0.2) is 5.58 Å².